The fourth-order valence-electron chi connectivity index (χ4n) is 9.94. The lowest BCUT2D eigenvalue weighted by atomic mass is 10.0. The molecule has 18 heteroatoms. The molecule has 4 N–H and O–H groups in total. The van der Waals surface area contributed by atoms with Crippen LogP contribution in [0.4, 0.5) is 0 Å². The molecule has 5 atom stereocenters. The molecule has 0 aliphatic heterocycles. The maximum atomic E-state index is 12.9. The average Bonchev–Trinajstić information content (AvgIpc) is 1.48. The summed E-state index contributed by atoms with van der Waals surface area (Å²) in [5.74, 6) is -1.60. The van der Waals surface area contributed by atoms with Crippen LogP contribution in [0.25, 0.3) is 0 Å². The standard InChI is InChI=1S/C79H136O16P2/c1-4-7-10-13-16-19-22-25-28-30-31-32-33-34-35-36-37-38-39-40-41-43-46-47-50-53-56-59-62-65-77(82)89-68-74(80)69-91-96(85,86)92-70-75(81)71-93-97(87,88)94-73-76(95-79(84)67-64-61-58-55-52-49-44-27-24-21-18-15-12-9-6-3)72-90-78(83)66-63-60-57-54-51-48-45-42-29-26-23-20-17-14-11-8-5-2/h7-8,10-11,16-21,25-29,31-32,34-35,44,74-76,80-81H,4-6,9,12-15,22-24,30,33,36-43,45-73H2,1-3H3,(H,85,86)(H,87,88)/b10-7-,11-8-,19-16-,20-17-,21-18-,28-25-,29-26-,32-31-,35-34-,44-27-. The summed E-state index contributed by atoms with van der Waals surface area (Å²) in [5, 5.41) is 20.6. The summed E-state index contributed by atoms with van der Waals surface area (Å²) < 4.78 is 61.0. The predicted molar refractivity (Wildman–Crippen MR) is 399 cm³/mol. The van der Waals surface area contributed by atoms with Gasteiger partial charge in [-0.2, -0.15) is 0 Å². The minimum absolute atomic E-state index is 0.0851. The molecule has 0 spiro atoms. The summed E-state index contributed by atoms with van der Waals surface area (Å²) in [6, 6.07) is 0. The van der Waals surface area contributed by atoms with Crippen molar-refractivity contribution in [2.75, 3.05) is 39.6 Å². The molecule has 0 aliphatic rings. The Morgan fingerprint density at radius 2 is 0.546 bits per heavy atom. The van der Waals surface area contributed by atoms with Crippen molar-refractivity contribution in [1.29, 1.82) is 0 Å². The zero-order valence-electron chi connectivity index (χ0n) is 60.7. The molecule has 0 radical (unpaired) electrons. The number of allylic oxidation sites excluding steroid dienone is 20. The topological polar surface area (TPSA) is 231 Å². The Hall–Kier alpha value is -4.05. The lowest BCUT2D eigenvalue weighted by molar-refractivity contribution is -0.161. The van der Waals surface area contributed by atoms with E-state index in [1.807, 2.05) is 0 Å². The fraction of sp³-hybridized carbons (Fsp3) is 0.709. The lowest BCUT2D eigenvalue weighted by Crippen LogP contribution is -2.30. The van der Waals surface area contributed by atoms with Gasteiger partial charge in [-0.1, -0.05) is 277 Å². The third-order valence-corrected chi connectivity index (χ3v) is 17.6. The second kappa shape index (κ2) is 71.8. The smallest absolute Gasteiger partial charge is 0.463 e. The molecule has 0 fully saturated rings. The van der Waals surface area contributed by atoms with Crippen molar-refractivity contribution in [2.24, 2.45) is 0 Å². The van der Waals surface area contributed by atoms with Crippen LogP contribution in [0.2, 0.25) is 0 Å². The normalized spacial score (nSPS) is 14.8. The monoisotopic (exact) mass is 1400 g/mol. The molecule has 558 valence electrons. The van der Waals surface area contributed by atoms with Crippen molar-refractivity contribution >= 4 is 33.6 Å². The molecule has 0 bridgehead atoms. The van der Waals surface area contributed by atoms with E-state index in [1.54, 1.807) is 0 Å². The molecule has 0 saturated heterocycles. The van der Waals surface area contributed by atoms with Gasteiger partial charge in [0.15, 0.2) is 6.10 Å². The van der Waals surface area contributed by atoms with Crippen molar-refractivity contribution in [2.45, 2.75) is 322 Å². The number of phosphoric ester groups is 2. The molecule has 0 aromatic carbocycles. The van der Waals surface area contributed by atoms with Crippen LogP contribution in [0.3, 0.4) is 0 Å². The number of ether oxygens (including phenoxy) is 3. The molecular formula is C79H136O16P2. The highest BCUT2D eigenvalue weighted by atomic mass is 31.2. The van der Waals surface area contributed by atoms with Crippen molar-refractivity contribution < 1.29 is 75.8 Å². The highest BCUT2D eigenvalue weighted by molar-refractivity contribution is 7.47. The summed E-state index contributed by atoms with van der Waals surface area (Å²) in [6.07, 6.45) is 83.9. The summed E-state index contributed by atoms with van der Waals surface area (Å²) in [4.78, 5) is 58.5. The number of rotatable bonds is 71. The third kappa shape index (κ3) is 73.0. The Morgan fingerprint density at radius 1 is 0.299 bits per heavy atom. The number of hydrogen-bond acceptors (Lipinski definition) is 14. The van der Waals surface area contributed by atoms with Gasteiger partial charge in [0.25, 0.3) is 0 Å². The van der Waals surface area contributed by atoms with E-state index in [2.05, 4.69) is 142 Å². The van der Waals surface area contributed by atoms with Crippen molar-refractivity contribution in [1.82, 2.24) is 0 Å². The minimum Gasteiger partial charge on any atom is -0.463 e. The number of unbranched alkanes of at least 4 members (excludes halogenated alkanes) is 28. The first-order valence-electron chi connectivity index (χ1n) is 37.8. The number of esters is 3. The van der Waals surface area contributed by atoms with Crippen LogP contribution in [-0.4, -0.2) is 95.9 Å². The molecule has 0 saturated carbocycles. The van der Waals surface area contributed by atoms with Gasteiger partial charge < -0.3 is 34.2 Å². The molecule has 97 heavy (non-hydrogen) atoms. The summed E-state index contributed by atoms with van der Waals surface area (Å²) >= 11 is 0. The van der Waals surface area contributed by atoms with Crippen LogP contribution in [0.1, 0.15) is 303 Å². The number of carbonyl (C=O) groups excluding carboxylic acids is 3. The molecule has 5 unspecified atom stereocenters. The zero-order chi connectivity index (χ0) is 70.9. The highest BCUT2D eigenvalue weighted by Crippen LogP contribution is 2.45. The molecule has 0 amide bonds. The van der Waals surface area contributed by atoms with Gasteiger partial charge in [0.2, 0.25) is 0 Å². The summed E-state index contributed by atoms with van der Waals surface area (Å²) in [6.45, 7) is 2.41. The Kier molecular flexibility index (Phi) is 68.8. The maximum absolute atomic E-state index is 12.9. The number of phosphoric acid groups is 2. The first-order chi connectivity index (χ1) is 47.2. The Balaban J connectivity index is 4.50. The van der Waals surface area contributed by atoms with Crippen molar-refractivity contribution in [3.8, 4) is 0 Å². The average molecular weight is 1400 g/mol. The van der Waals surface area contributed by atoms with Gasteiger partial charge >= 0.3 is 33.6 Å². The fourth-order valence-corrected chi connectivity index (χ4v) is 11.5. The molecule has 0 rings (SSSR count). The van der Waals surface area contributed by atoms with Gasteiger partial charge in [0.05, 0.1) is 26.4 Å². The van der Waals surface area contributed by atoms with Gasteiger partial charge in [-0.25, -0.2) is 9.13 Å². The Bertz CT molecular complexity index is 2250. The van der Waals surface area contributed by atoms with Crippen LogP contribution < -0.4 is 0 Å². The predicted octanol–water partition coefficient (Wildman–Crippen LogP) is 21.8. The quantitative estimate of drug-likeness (QED) is 0.0146. The first kappa shape index (κ1) is 93.0. The van der Waals surface area contributed by atoms with E-state index in [0.717, 1.165) is 167 Å². The van der Waals surface area contributed by atoms with Crippen LogP contribution in [0, 0.1) is 0 Å². The molecule has 0 aromatic heterocycles. The number of aliphatic hydroxyl groups excluding tert-OH is 2. The van der Waals surface area contributed by atoms with Gasteiger partial charge in [-0.15, -0.1) is 0 Å². The van der Waals surface area contributed by atoms with E-state index in [0.29, 0.717) is 19.3 Å². The lowest BCUT2D eigenvalue weighted by Gasteiger charge is -2.21. The van der Waals surface area contributed by atoms with E-state index >= 15 is 0 Å². The molecule has 16 nitrogen and oxygen atoms in total. The second-order valence-electron chi connectivity index (χ2n) is 25.0. The van der Waals surface area contributed by atoms with Crippen LogP contribution in [0.15, 0.2) is 122 Å². The van der Waals surface area contributed by atoms with E-state index < -0.39 is 91.5 Å². The summed E-state index contributed by atoms with van der Waals surface area (Å²) in [5.41, 5.74) is 0. The minimum atomic E-state index is -4.93. The molecule has 0 heterocycles. The van der Waals surface area contributed by atoms with E-state index in [4.69, 9.17) is 32.3 Å². The maximum Gasteiger partial charge on any atom is 0.472 e. The van der Waals surface area contributed by atoms with Crippen LogP contribution >= 0.6 is 15.6 Å². The van der Waals surface area contributed by atoms with E-state index in [1.165, 1.54) is 77.0 Å². The number of aliphatic hydroxyl groups is 2. The van der Waals surface area contributed by atoms with E-state index in [9.17, 15) is 43.5 Å². The Morgan fingerprint density at radius 3 is 0.866 bits per heavy atom. The van der Waals surface area contributed by atoms with Gasteiger partial charge in [0, 0.05) is 19.3 Å². The van der Waals surface area contributed by atoms with Gasteiger partial charge in [0.1, 0.15) is 25.4 Å². The van der Waals surface area contributed by atoms with Crippen LogP contribution in [-0.2, 0) is 55.8 Å². The first-order valence-corrected chi connectivity index (χ1v) is 40.8. The van der Waals surface area contributed by atoms with Gasteiger partial charge in [-0.05, 0) is 128 Å². The highest BCUT2D eigenvalue weighted by Gasteiger charge is 2.29. The Labute approximate surface area is 589 Å². The van der Waals surface area contributed by atoms with Crippen LogP contribution in [0.5, 0.6) is 0 Å². The largest absolute Gasteiger partial charge is 0.472 e. The second-order valence-corrected chi connectivity index (χ2v) is 27.9. The third-order valence-electron chi connectivity index (χ3n) is 15.7. The molecule has 0 aromatic rings. The van der Waals surface area contributed by atoms with Gasteiger partial charge in [-0.3, -0.25) is 32.5 Å². The molecule has 0 aliphatic carbocycles. The zero-order valence-corrected chi connectivity index (χ0v) is 62.5. The van der Waals surface area contributed by atoms with Crippen molar-refractivity contribution in [3.63, 3.8) is 0 Å². The number of carbonyl (C=O) groups is 3. The number of hydrogen-bond donors (Lipinski definition) is 4. The van der Waals surface area contributed by atoms with E-state index in [-0.39, 0.29) is 19.3 Å². The van der Waals surface area contributed by atoms with Crippen molar-refractivity contribution in [3.05, 3.63) is 122 Å². The summed E-state index contributed by atoms with van der Waals surface area (Å²) in [7, 11) is -9.79. The molecular weight excluding hydrogens is 1270 g/mol. The SMILES string of the molecule is CC/C=C\C/C=C\C/C=C\C/C=C\C/C=C\CCCCCCCCCCCCCCCC(=O)OCC(O)COP(=O)(O)OCC(O)COP(=O)(O)OCC(COC(=O)CCCCCCCCC/C=C\C/C=C\C/C=C\CC)OC(=O)CCCCCCC/C=C\C/C=C\CCCCC.